The number of hydrogen-bond donors (Lipinski definition) is 2. The number of anilines is 2. The normalized spacial score (nSPS) is 30.4. The Morgan fingerprint density at radius 3 is 2.41 bits per heavy atom. The van der Waals surface area contributed by atoms with Gasteiger partial charge in [-0.15, -0.1) is 0 Å². The fourth-order valence-corrected chi connectivity index (χ4v) is 7.72. The lowest BCUT2D eigenvalue weighted by atomic mass is 9.60. The van der Waals surface area contributed by atoms with E-state index in [1.54, 1.807) is 18.2 Å². The van der Waals surface area contributed by atoms with Gasteiger partial charge in [0, 0.05) is 28.5 Å². The Kier molecular flexibility index (Phi) is 3.96. The lowest BCUT2D eigenvalue weighted by Gasteiger charge is -2.38. The van der Waals surface area contributed by atoms with E-state index in [1.165, 1.54) is 0 Å². The Hall–Kier alpha value is -4.17. The number of rotatable bonds is 2. The van der Waals surface area contributed by atoms with Crippen LogP contribution in [0.2, 0.25) is 0 Å². The molecule has 37 heavy (non-hydrogen) atoms. The van der Waals surface area contributed by atoms with Crippen LogP contribution in [0.3, 0.4) is 0 Å². The first-order valence-electron chi connectivity index (χ1n) is 12.6. The summed E-state index contributed by atoms with van der Waals surface area (Å²) in [7, 11) is 0. The second-order valence-corrected chi connectivity index (χ2v) is 10.4. The average Bonchev–Trinajstić information content (AvgIpc) is 3.71. The van der Waals surface area contributed by atoms with Crippen LogP contribution in [0.25, 0.3) is 0 Å². The maximum Gasteiger partial charge on any atom is 0.250 e. The first-order chi connectivity index (χ1) is 18.1. The quantitative estimate of drug-likeness (QED) is 0.531. The Morgan fingerprint density at radius 2 is 1.57 bits per heavy atom. The van der Waals surface area contributed by atoms with Crippen LogP contribution >= 0.6 is 0 Å². The van der Waals surface area contributed by atoms with Crippen LogP contribution in [0, 0.1) is 5.92 Å². The standard InChI is InChI=1S/C29H23N3O5/c33-24(16-11-12-21-22(14-16)37-15-36-21)25-28(17-6-1-3-8-19(17)30-26(28)34)23-10-5-13-32(23)29(25)18-7-2-4-9-20(18)31-27(29)35/h1-4,6-9,11-12,14,23,25H,5,10,13,15H2,(H,30,34)(H,31,35)/t23?,25?,28-,29+/m1/s1. The van der Waals surface area contributed by atoms with E-state index in [1.807, 2.05) is 48.5 Å². The van der Waals surface area contributed by atoms with Crippen molar-refractivity contribution in [1.82, 2.24) is 4.90 Å². The molecule has 0 saturated carbocycles. The maximum absolute atomic E-state index is 14.8. The molecule has 2 fully saturated rings. The van der Waals surface area contributed by atoms with Crippen molar-refractivity contribution in [3.05, 3.63) is 83.4 Å². The Morgan fingerprint density at radius 1 is 0.865 bits per heavy atom. The van der Waals surface area contributed by atoms with E-state index in [0.717, 1.165) is 17.5 Å². The fourth-order valence-electron chi connectivity index (χ4n) is 7.72. The van der Waals surface area contributed by atoms with E-state index >= 15 is 0 Å². The van der Waals surface area contributed by atoms with Gasteiger partial charge in [-0.25, -0.2) is 0 Å². The van der Waals surface area contributed by atoms with Crippen molar-refractivity contribution < 1.29 is 23.9 Å². The number of para-hydroxylation sites is 2. The lowest BCUT2D eigenvalue weighted by molar-refractivity contribution is -0.128. The zero-order chi connectivity index (χ0) is 24.9. The summed E-state index contributed by atoms with van der Waals surface area (Å²) in [6.45, 7) is 0.709. The number of carbonyl (C=O) groups is 3. The van der Waals surface area contributed by atoms with Crippen LogP contribution in [-0.4, -0.2) is 41.9 Å². The van der Waals surface area contributed by atoms with E-state index in [9.17, 15) is 14.4 Å². The first-order valence-corrected chi connectivity index (χ1v) is 12.6. The third-order valence-electron chi connectivity index (χ3n) is 8.95. The zero-order valence-electron chi connectivity index (χ0n) is 19.8. The second kappa shape index (κ2) is 6.98. The van der Waals surface area contributed by atoms with Crippen LogP contribution in [0.4, 0.5) is 11.4 Å². The zero-order valence-corrected chi connectivity index (χ0v) is 19.8. The van der Waals surface area contributed by atoms with Gasteiger partial charge in [0.2, 0.25) is 18.6 Å². The number of fused-ring (bicyclic) bond motifs is 8. The van der Waals surface area contributed by atoms with Gasteiger partial charge in [0.25, 0.3) is 0 Å². The molecule has 0 radical (unpaired) electrons. The second-order valence-electron chi connectivity index (χ2n) is 10.4. The molecule has 2 spiro atoms. The molecule has 0 aromatic heterocycles. The summed E-state index contributed by atoms with van der Waals surface area (Å²) in [4.78, 5) is 45.4. The predicted octanol–water partition coefficient (Wildman–Crippen LogP) is 3.43. The summed E-state index contributed by atoms with van der Waals surface area (Å²) in [6, 6.07) is 19.9. The minimum Gasteiger partial charge on any atom is -0.454 e. The van der Waals surface area contributed by atoms with E-state index in [2.05, 4.69) is 15.5 Å². The Bertz CT molecular complexity index is 1470. The largest absolute Gasteiger partial charge is 0.454 e. The highest BCUT2D eigenvalue weighted by Gasteiger charge is 2.78. The van der Waals surface area contributed by atoms with Gasteiger partial charge in [-0.05, 0) is 55.3 Å². The third kappa shape index (κ3) is 2.31. The molecular formula is C29H23N3O5. The molecule has 5 heterocycles. The van der Waals surface area contributed by atoms with Gasteiger partial charge in [0.05, 0.1) is 5.92 Å². The molecule has 0 aliphatic carbocycles. The number of carbonyl (C=O) groups excluding carboxylic acids is 3. The SMILES string of the molecule is O=C(c1ccc2c(c1)OCO2)C1[C@]2(C(=O)Nc3ccccc32)C2CCCN2[C@]12C(=O)Nc1ccccc12. The van der Waals surface area contributed by atoms with Gasteiger partial charge in [0.15, 0.2) is 17.3 Å². The van der Waals surface area contributed by atoms with Crippen LogP contribution in [-0.2, 0) is 20.5 Å². The molecule has 5 aliphatic rings. The van der Waals surface area contributed by atoms with E-state index in [0.29, 0.717) is 41.4 Å². The molecule has 2 N–H and O–H groups in total. The van der Waals surface area contributed by atoms with Gasteiger partial charge in [-0.2, -0.15) is 0 Å². The van der Waals surface area contributed by atoms with Gasteiger partial charge in [-0.3, -0.25) is 19.3 Å². The van der Waals surface area contributed by atoms with Gasteiger partial charge >= 0.3 is 0 Å². The molecule has 2 amide bonds. The molecule has 8 heteroatoms. The lowest BCUT2D eigenvalue weighted by Crippen LogP contribution is -2.55. The number of benzene rings is 3. The molecule has 2 unspecified atom stereocenters. The summed E-state index contributed by atoms with van der Waals surface area (Å²) in [5.41, 5.74) is 0.764. The average molecular weight is 494 g/mol. The number of Topliss-reactive ketones (excluding diaryl/α,β-unsaturated/α-hetero) is 1. The molecular weight excluding hydrogens is 470 g/mol. The molecule has 4 atom stereocenters. The van der Waals surface area contributed by atoms with Crippen molar-refractivity contribution in [2.75, 3.05) is 24.0 Å². The Labute approximate surface area is 212 Å². The fraction of sp³-hybridized carbons (Fsp3) is 0.276. The summed E-state index contributed by atoms with van der Waals surface area (Å²) in [6.07, 6.45) is 1.55. The number of nitrogens with one attached hydrogen (secondary N) is 2. The molecule has 8 nitrogen and oxygen atoms in total. The highest BCUT2D eigenvalue weighted by molar-refractivity contribution is 6.18. The van der Waals surface area contributed by atoms with Crippen LogP contribution < -0.4 is 20.1 Å². The summed E-state index contributed by atoms with van der Waals surface area (Å²) in [5, 5.41) is 6.13. The minimum atomic E-state index is -1.32. The van der Waals surface area contributed by atoms with E-state index < -0.39 is 16.9 Å². The summed E-state index contributed by atoms with van der Waals surface area (Å²) >= 11 is 0. The summed E-state index contributed by atoms with van der Waals surface area (Å²) < 4.78 is 11.0. The number of amides is 2. The highest BCUT2D eigenvalue weighted by Crippen LogP contribution is 2.66. The van der Waals surface area contributed by atoms with Crippen molar-refractivity contribution in [3.63, 3.8) is 0 Å². The monoisotopic (exact) mass is 493 g/mol. The van der Waals surface area contributed by atoms with Crippen molar-refractivity contribution >= 4 is 29.0 Å². The molecule has 3 aromatic carbocycles. The van der Waals surface area contributed by atoms with Crippen molar-refractivity contribution in [1.29, 1.82) is 0 Å². The van der Waals surface area contributed by atoms with Crippen LogP contribution in [0.1, 0.15) is 34.3 Å². The number of ether oxygens (including phenoxy) is 2. The Balaban J connectivity index is 1.45. The number of hydrogen-bond acceptors (Lipinski definition) is 6. The molecule has 5 aliphatic heterocycles. The van der Waals surface area contributed by atoms with Crippen molar-refractivity contribution in [2.45, 2.75) is 29.8 Å². The van der Waals surface area contributed by atoms with Gasteiger partial charge in [0.1, 0.15) is 11.0 Å². The van der Waals surface area contributed by atoms with E-state index in [-0.39, 0.29) is 30.4 Å². The van der Waals surface area contributed by atoms with Crippen LogP contribution in [0.5, 0.6) is 11.5 Å². The van der Waals surface area contributed by atoms with E-state index in [4.69, 9.17) is 9.47 Å². The third-order valence-corrected chi connectivity index (χ3v) is 8.95. The van der Waals surface area contributed by atoms with Gasteiger partial charge < -0.3 is 20.1 Å². The summed E-state index contributed by atoms with van der Waals surface area (Å²) in [5.74, 6) is -0.669. The smallest absolute Gasteiger partial charge is 0.250 e. The van der Waals surface area contributed by atoms with Crippen molar-refractivity contribution in [2.24, 2.45) is 5.92 Å². The highest BCUT2D eigenvalue weighted by atomic mass is 16.7. The predicted molar refractivity (Wildman–Crippen MR) is 134 cm³/mol. The van der Waals surface area contributed by atoms with Crippen LogP contribution in [0.15, 0.2) is 66.7 Å². The molecule has 2 saturated heterocycles. The maximum atomic E-state index is 14.8. The number of nitrogens with zero attached hydrogens (tertiary/aromatic N) is 1. The molecule has 0 bridgehead atoms. The van der Waals surface area contributed by atoms with Crippen molar-refractivity contribution in [3.8, 4) is 11.5 Å². The minimum absolute atomic E-state index is 0.0890. The number of ketones is 1. The molecule has 8 rings (SSSR count). The molecule has 184 valence electrons. The van der Waals surface area contributed by atoms with Gasteiger partial charge in [-0.1, -0.05) is 36.4 Å². The molecule has 3 aromatic rings. The topological polar surface area (TPSA) is 97.0 Å². The first kappa shape index (κ1) is 21.0.